The van der Waals surface area contributed by atoms with Crippen molar-refractivity contribution in [2.75, 3.05) is 6.79 Å². The van der Waals surface area contributed by atoms with E-state index < -0.39 is 0 Å². The Morgan fingerprint density at radius 3 is 3.05 bits per heavy atom. The highest BCUT2D eigenvalue weighted by molar-refractivity contribution is 9.10. The van der Waals surface area contributed by atoms with Gasteiger partial charge in [0.05, 0.1) is 11.0 Å². The molecule has 0 amide bonds. The monoisotopic (exact) mass is 359 g/mol. The lowest BCUT2D eigenvalue weighted by Gasteiger charge is -2.07. The second-order valence-corrected chi connectivity index (χ2v) is 5.54. The van der Waals surface area contributed by atoms with Gasteiger partial charge in [0.15, 0.2) is 11.5 Å². The SMILES string of the molecule is Brc1cc(Cn2nnnc2-c2ccccn2)cc2c1OCO2. The maximum absolute atomic E-state index is 5.43. The minimum absolute atomic E-state index is 0.238. The summed E-state index contributed by atoms with van der Waals surface area (Å²) in [6.45, 7) is 0.746. The number of nitrogens with zero attached hydrogens (tertiary/aromatic N) is 5. The van der Waals surface area contributed by atoms with Gasteiger partial charge in [0.25, 0.3) is 0 Å². The van der Waals surface area contributed by atoms with Crippen molar-refractivity contribution >= 4 is 15.9 Å². The van der Waals surface area contributed by atoms with Crippen LogP contribution >= 0.6 is 15.9 Å². The highest BCUT2D eigenvalue weighted by Crippen LogP contribution is 2.40. The fourth-order valence-electron chi connectivity index (χ4n) is 2.27. The number of halogens is 1. The Labute approximate surface area is 134 Å². The smallest absolute Gasteiger partial charge is 0.231 e. The van der Waals surface area contributed by atoms with Crippen molar-refractivity contribution in [2.24, 2.45) is 0 Å². The molecule has 0 fully saturated rings. The minimum Gasteiger partial charge on any atom is -0.454 e. The Kier molecular flexibility index (Phi) is 3.23. The van der Waals surface area contributed by atoms with Crippen LogP contribution in [0.2, 0.25) is 0 Å². The van der Waals surface area contributed by atoms with Crippen molar-refractivity contribution in [3.63, 3.8) is 0 Å². The van der Waals surface area contributed by atoms with Gasteiger partial charge in [0.1, 0.15) is 5.69 Å². The van der Waals surface area contributed by atoms with E-state index in [-0.39, 0.29) is 6.79 Å². The maximum atomic E-state index is 5.43. The zero-order valence-corrected chi connectivity index (χ0v) is 12.9. The van der Waals surface area contributed by atoms with Gasteiger partial charge in [-0.2, -0.15) is 0 Å². The second-order valence-electron chi connectivity index (χ2n) is 4.69. The van der Waals surface area contributed by atoms with E-state index in [0.717, 1.165) is 27.2 Å². The molecule has 1 aliphatic rings. The lowest BCUT2D eigenvalue weighted by molar-refractivity contribution is 0.173. The van der Waals surface area contributed by atoms with Crippen molar-refractivity contribution in [1.82, 2.24) is 25.2 Å². The summed E-state index contributed by atoms with van der Waals surface area (Å²) in [6.07, 6.45) is 1.71. The van der Waals surface area contributed by atoms with Crippen molar-refractivity contribution < 1.29 is 9.47 Å². The molecule has 7 nitrogen and oxygen atoms in total. The maximum Gasteiger partial charge on any atom is 0.231 e. The van der Waals surface area contributed by atoms with Crippen LogP contribution in [0.3, 0.4) is 0 Å². The van der Waals surface area contributed by atoms with Crippen LogP contribution in [0, 0.1) is 0 Å². The van der Waals surface area contributed by atoms with Crippen LogP contribution in [0.4, 0.5) is 0 Å². The van der Waals surface area contributed by atoms with Gasteiger partial charge in [0.2, 0.25) is 12.6 Å². The quantitative estimate of drug-likeness (QED) is 0.713. The summed E-state index contributed by atoms with van der Waals surface area (Å²) in [5.41, 5.74) is 1.73. The third-order valence-electron chi connectivity index (χ3n) is 3.25. The molecule has 0 saturated heterocycles. The molecule has 0 bridgehead atoms. The summed E-state index contributed by atoms with van der Waals surface area (Å²) < 4.78 is 13.4. The van der Waals surface area contributed by atoms with E-state index in [2.05, 4.69) is 36.4 Å². The lowest BCUT2D eigenvalue weighted by atomic mass is 10.2. The van der Waals surface area contributed by atoms with Crippen LogP contribution in [0.1, 0.15) is 5.56 Å². The van der Waals surface area contributed by atoms with E-state index in [1.54, 1.807) is 10.9 Å². The number of hydrogen-bond acceptors (Lipinski definition) is 6. The number of fused-ring (bicyclic) bond motifs is 1. The number of pyridine rings is 1. The van der Waals surface area contributed by atoms with E-state index in [1.807, 2.05) is 30.3 Å². The lowest BCUT2D eigenvalue weighted by Crippen LogP contribution is -2.05. The number of hydrogen-bond donors (Lipinski definition) is 0. The van der Waals surface area contributed by atoms with Gasteiger partial charge < -0.3 is 9.47 Å². The highest BCUT2D eigenvalue weighted by Gasteiger charge is 2.19. The van der Waals surface area contributed by atoms with Crippen LogP contribution in [0.15, 0.2) is 41.0 Å². The molecule has 1 aromatic carbocycles. The Morgan fingerprint density at radius 2 is 2.18 bits per heavy atom. The van der Waals surface area contributed by atoms with E-state index >= 15 is 0 Å². The molecule has 3 aromatic rings. The zero-order chi connectivity index (χ0) is 14.9. The van der Waals surface area contributed by atoms with Crippen LogP contribution in [0.5, 0.6) is 11.5 Å². The Hall–Kier alpha value is -2.48. The van der Waals surface area contributed by atoms with Gasteiger partial charge in [-0.1, -0.05) is 6.07 Å². The van der Waals surface area contributed by atoms with Crippen LogP contribution < -0.4 is 9.47 Å². The molecule has 0 saturated carbocycles. The van der Waals surface area contributed by atoms with Crippen LogP contribution in [-0.2, 0) is 6.54 Å². The van der Waals surface area contributed by atoms with Gasteiger partial charge in [-0.05, 0) is 56.2 Å². The van der Waals surface area contributed by atoms with Gasteiger partial charge in [-0.3, -0.25) is 4.98 Å². The van der Waals surface area contributed by atoms with Crippen molar-refractivity contribution in [2.45, 2.75) is 6.54 Å². The fraction of sp³-hybridized carbons (Fsp3) is 0.143. The topological polar surface area (TPSA) is 75.0 Å². The summed E-state index contributed by atoms with van der Waals surface area (Å²) in [5, 5.41) is 11.8. The average Bonchev–Trinajstić information content (AvgIpc) is 3.17. The van der Waals surface area contributed by atoms with E-state index in [0.29, 0.717) is 12.4 Å². The van der Waals surface area contributed by atoms with Gasteiger partial charge >= 0.3 is 0 Å². The fourth-order valence-corrected chi connectivity index (χ4v) is 2.88. The van der Waals surface area contributed by atoms with E-state index in [1.165, 1.54) is 0 Å². The van der Waals surface area contributed by atoms with Crippen LogP contribution in [-0.4, -0.2) is 32.0 Å². The normalized spacial score (nSPS) is 12.6. The first-order valence-corrected chi connectivity index (χ1v) is 7.36. The molecule has 4 rings (SSSR count). The molecule has 0 N–H and O–H groups in total. The summed E-state index contributed by atoms with van der Waals surface area (Å²) in [6, 6.07) is 9.53. The summed E-state index contributed by atoms with van der Waals surface area (Å²) >= 11 is 3.49. The Morgan fingerprint density at radius 1 is 1.23 bits per heavy atom. The summed E-state index contributed by atoms with van der Waals surface area (Å²) in [5.74, 6) is 2.07. The highest BCUT2D eigenvalue weighted by atomic mass is 79.9. The molecular formula is C14H10BrN5O2. The summed E-state index contributed by atoms with van der Waals surface area (Å²) in [4.78, 5) is 4.28. The molecule has 0 aliphatic carbocycles. The van der Waals surface area contributed by atoms with E-state index in [9.17, 15) is 0 Å². The molecule has 0 radical (unpaired) electrons. The summed E-state index contributed by atoms with van der Waals surface area (Å²) in [7, 11) is 0. The van der Waals surface area contributed by atoms with Gasteiger partial charge in [-0.25, -0.2) is 4.68 Å². The first kappa shape index (κ1) is 13.2. The van der Waals surface area contributed by atoms with Crippen LogP contribution in [0.25, 0.3) is 11.5 Å². The molecule has 1 aliphatic heterocycles. The minimum atomic E-state index is 0.238. The number of aromatic nitrogens is 5. The molecule has 8 heteroatoms. The zero-order valence-electron chi connectivity index (χ0n) is 11.3. The molecule has 110 valence electrons. The molecule has 0 atom stereocenters. The first-order valence-electron chi connectivity index (χ1n) is 6.57. The third-order valence-corrected chi connectivity index (χ3v) is 3.83. The number of rotatable bonds is 3. The number of benzene rings is 1. The number of ether oxygens (including phenoxy) is 2. The molecule has 3 heterocycles. The largest absolute Gasteiger partial charge is 0.454 e. The molecule has 22 heavy (non-hydrogen) atoms. The van der Waals surface area contributed by atoms with Crippen molar-refractivity contribution in [1.29, 1.82) is 0 Å². The average molecular weight is 360 g/mol. The number of tetrazole rings is 1. The first-order chi connectivity index (χ1) is 10.8. The molecule has 0 unspecified atom stereocenters. The standard InChI is InChI=1S/C14H10BrN5O2/c15-10-5-9(6-12-13(10)22-8-21-12)7-20-14(17-18-19-20)11-3-1-2-4-16-11/h1-6H,7-8H2. The Balaban J connectivity index is 1.68. The molecular weight excluding hydrogens is 350 g/mol. The molecule has 0 spiro atoms. The second kappa shape index (κ2) is 5.38. The van der Waals surface area contributed by atoms with Crippen molar-refractivity contribution in [3.8, 4) is 23.0 Å². The predicted octanol–water partition coefficient (Wildman–Crippen LogP) is 2.27. The molecule has 2 aromatic heterocycles. The van der Waals surface area contributed by atoms with Gasteiger partial charge in [-0.15, -0.1) is 5.10 Å². The van der Waals surface area contributed by atoms with E-state index in [4.69, 9.17) is 9.47 Å². The Bertz CT molecular complexity index is 821. The van der Waals surface area contributed by atoms with Gasteiger partial charge in [0, 0.05) is 6.20 Å². The third kappa shape index (κ3) is 2.31. The van der Waals surface area contributed by atoms with Crippen molar-refractivity contribution in [3.05, 3.63) is 46.6 Å². The predicted molar refractivity (Wildman–Crippen MR) is 80.4 cm³/mol.